The van der Waals surface area contributed by atoms with Crippen LogP contribution in [0.1, 0.15) is 24.0 Å². The molecule has 0 atom stereocenters. The van der Waals surface area contributed by atoms with E-state index in [2.05, 4.69) is 31.8 Å². The molecule has 2 heterocycles. The fourth-order valence-corrected chi connectivity index (χ4v) is 5.08. The van der Waals surface area contributed by atoms with Crippen molar-refractivity contribution >= 4 is 44.9 Å². The standard InChI is InChI=1S/C23H18Cl2F2N4O3S/c24-15-2-4-18(25)21(11-15)35(32,33)31-20-6-5-19(26)17(22(20)27)3-1-14-12-28-23(29-13-14)30-16-7-9-34-10-8-16/h2,4-6,11-13,16,31H,7-10H2,(H,28,29,30). The van der Waals surface area contributed by atoms with Crippen molar-refractivity contribution in [3.8, 4) is 11.8 Å². The van der Waals surface area contributed by atoms with Crippen LogP contribution in [0.2, 0.25) is 10.0 Å². The molecule has 1 aliphatic heterocycles. The van der Waals surface area contributed by atoms with Crippen molar-refractivity contribution in [2.75, 3.05) is 23.3 Å². The molecule has 0 radical (unpaired) electrons. The molecule has 0 bridgehead atoms. The summed E-state index contributed by atoms with van der Waals surface area (Å²) in [4.78, 5) is 8.00. The van der Waals surface area contributed by atoms with E-state index in [-0.39, 0.29) is 21.0 Å². The van der Waals surface area contributed by atoms with Crippen LogP contribution >= 0.6 is 23.2 Å². The van der Waals surface area contributed by atoms with E-state index < -0.39 is 32.9 Å². The van der Waals surface area contributed by atoms with Gasteiger partial charge in [0.15, 0.2) is 5.82 Å². The smallest absolute Gasteiger partial charge is 0.263 e. The second-order valence-corrected chi connectivity index (χ2v) is 10.0. The molecule has 12 heteroatoms. The molecular weight excluding hydrogens is 521 g/mol. The van der Waals surface area contributed by atoms with Crippen molar-refractivity contribution in [3.05, 3.63) is 75.5 Å². The number of hydrogen-bond acceptors (Lipinski definition) is 6. The molecule has 2 aromatic carbocycles. The summed E-state index contributed by atoms with van der Waals surface area (Å²) in [6, 6.07) is 5.88. The van der Waals surface area contributed by atoms with Crippen LogP contribution in [-0.4, -0.2) is 37.6 Å². The van der Waals surface area contributed by atoms with E-state index in [0.29, 0.717) is 24.7 Å². The first kappa shape index (κ1) is 25.1. The summed E-state index contributed by atoms with van der Waals surface area (Å²) in [5, 5.41) is 3.21. The molecule has 1 aliphatic rings. The van der Waals surface area contributed by atoms with Crippen LogP contribution in [0.4, 0.5) is 20.4 Å². The highest BCUT2D eigenvalue weighted by Gasteiger charge is 2.22. The molecular formula is C23H18Cl2F2N4O3S. The predicted molar refractivity (Wildman–Crippen MR) is 129 cm³/mol. The Bertz CT molecular complexity index is 1400. The zero-order valence-electron chi connectivity index (χ0n) is 18.0. The molecule has 35 heavy (non-hydrogen) atoms. The van der Waals surface area contributed by atoms with Gasteiger partial charge < -0.3 is 10.1 Å². The molecule has 0 amide bonds. The van der Waals surface area contributed by atoms with E-state index in [4.69, 9.17) is 27.9 Å². The number of sulfonamides is 1. The van der Waals surface area contributed by atoms with Gasteiger partial charge in [0.25, 0.3) is 10.0 Å². The number of nitrogens with one attached hydrogen (secondary N) is 2. The van der Waals surface area contributed by atoms with Crippen molar-refractivity contribution < 1.29 is 21.9 Å². The van der Waals surface area contributed by atoms with E-state index in [9.17, 15) is 12.8 Å². The minimum Gasteiger partial charge on any atom is -0.381 e. The zero-order valence-corrected chi connectivity index (χ0v) is 20.3. The first-order chi connectivity index (χ1) is 16.7. The van der Waals surface area contributed by atoms with Crippen LogP contribution in [0.3, 0.4) is 0 Å². The predicted octanol–water partition coefficient (Wildman–Crippen LogP) is 4.85. The number of nitrogens with zero attached hydrogens (tertiary/aromatic N) is 2. The van der Waals surface area contributed by atoms with Crippen molar-refractivity contribution in [1.82, 2.24) is 9.97 Å². The maximum atomic E-state index is 15.0. The topological polar surface area (TPSA) is 93.2 Å². The Morgan fingerprint density at radius 2 is 1.74 bits per heavy atom. The molecule has 1 aromatic heterocycles. The molecule has 0 unspecified atom stereocenters. The van der Waals surface area contributed by atoms with Crippen LogP contribution < -0.4 is 10.0 Å². The minimum atomic E-state index is -4.31. The highest BCUT2D eigenvalue weighted by Crippen LogP contribution is 2.29. The zero-order chi connectivity index (χ0) is 25.0. The summed E-state index contributed by atoms with van der Waals surface area (Å²) in [6.45, 7) is 1.33. The lowest BCUT2D eigenvalue weighted by Crippen LogP contribution is -2.28. The lowest BCUT2D eigenvalue weighted by Gasteiger charge is -2.22. The van der Waals surface area contributed by atoms with Gasteiger partial charge in [-0.15, -0.1) is 0 Å². The summed E-state index contributed by atoms with van der Waals surface area (Å²) in [5.41, 5.74) is -0.802. The minimum absolute atomic E-state index is 0.112. The highest BCUT2D eigenvalue weighted by atomic mass is 35.5. The quantitative estimate of drug-likeness (QED) is 0.451. The Morgan fingerprint density at radius 3 is 2.46 bits per heavy atom. The Kier molecular flexibility index (Phi) is 7.72. The molecule has 2 N–H and O–H groups in total. The number of anilines is 2. The number of ether oxygens (including phenoxy) is 1. The molecule has 0 aliphatic carbocycles. The summed E-state index contributed by atoms with van der Waals surface area (Å²) >= 11 is 11.8. The molecule has 4 rings (SSSR count). The maximum absolute atomic E-state index is 15.0. The Labute approximate surface area is 210 Å². The summed E-state index contributed by atoms with van der Waals surface area (Å²) < 4.78 is 62.1. The molecule has 1 saturated heterocycles. The molecule has 182 valence electrons. The van der Waals surface area contributed by atoms with Crippen LogP contribution in [-0.2, 0) is 14.8 Å². The monoisotopic (exact) mass is 538 g/mol. The lowest BCUT2D eigenvalue weighted by atomic mass is 10.1. The fraction of sp³-hybridized carbons (Fsp3) is 0.217. The van der Waals surface area contributed by atoms with Crippen molar-refractivity contribution in [1.29, 1.82) is 0 Å². The third-order valence-corrected chi connectivity index (χ3v) is 7.14. The SMILES string of the molecule is O=S(=O)(Nc1ccc(F)c(C#Cc2cnc(NC3CCOCC3)nc2)c1F)c1cc(Cl)ccc1Cl. The van der Waals surface area contributed by atoms with Crippen molar-refractivity contribution in [2.45, 2.75) is 23.8 Å². The largest absolute Gasteiger partial charge is 0.381 e. The number of rotatable bonds is 5. The fourth-order valence-electron chi connectivity index (χ4n) is 3.26. The van der Waals surface area contributed by atoms with Gasteiger partial charge in [-0.1, -0.05) is 35.0 Å². The lowest BCUT2D eigenvalue weighted by molar-refractivity contribution is 0.0903. The van der Waals surface area contributed by atoms with Crippen LogP contribution in [0, 0.1) is 23.5 Å². The molecule has 0 spiro atoms. The summed E-state index contributed by atoms with van der Waals surface area (Å²) in [6.07, 6.45) is 4.52. The molecule has 1 fully saturated rings. The molecule has 7 nitrogen and oxygen atoms in total. The number of benzene rings is 2. The first-order valence-corrected chi connectivity index (χ1v) is 12.6. The van der Waals surface area contributed by atoms with Crippen molar-refractivity contribution in [3.63, 3.8) is 0 Å². The van der Waals surface area contributed by atoms with E-state index in [1.54, 1.807) is 0 Å². The van der Waals surface area contributed by atoms with Gasteiger partial charge in [-0.25, -0.2) is 27.2 Å². The van der Waals surface area contributed by atoms with E-state index in [0.717, 1.165) is 31.0 Å². The second kappa shape index (κ2) is 10.7. The second-order valence-electron chi connectivity index (χ2n) is 7.54. The Hall–Kier alpha value is -2.97. The summed E-state index contributed by atoms with van der Waals surface area (Å²) in [7, 11) is -4.31. The van der Waals surface area contributed by atoms with Gasteiger partial charge in [0.1, 0.15) is 10.7 Å². The molecule has 0 saturated carbocycles. The number of halogens is 4. The maximum Gasteiger partial charge on any atom is 0.263 e. The van der Waals surface area contributed by atoms with E-state index in [1.165, 1.54) is 24.5 Å². The van der Waals surface area contributed by atoms with Gasteiger partial charge in [-0.3, -0.25) is 4.72 Å². The van der Waals surface area contributed by atoms with Gasteiger partial charge >= 0.3 is 0 Å². The number of aromatic nitrogens is 2. The molecule has 3 aromatic rings. The van der Waals surface area contributed by atoms with Gasteiger partial charge in [0.2, 0.25) is 5.95 Å². The van der Waals surface area contributed by atoms with Gasteiger partial charge in [0, 0.05) is 36.7 Å². The van der Waals surface area contributed by atoms with E-state index >= 15 is 4.39 Å². The van der Waals surface area contributed by atoms with Gasteiger partial charge in [-0.05, 0) is 43.2 Å². The average Bonchev–Trinajstić information content (AvgIpc) is 2.84. The average molecular weight is 539 g/mol. The Morgan fingerprint density at radius 1 is 1.03 bits per heavy atom. The van der Waals surface area contributed by atoms with Gasteiger partial charge in [-0.2, -0.15) is 0 Å². The highest BCUT2D eigenvalue weighted by molar-refractivity contribution is 7.92. The van der Waals surface area contributed by atoms with E-state index in [1.807, 2.05) is 0 Å². The third-order valence-electron chi connectivity index (χ3n) is 5.06. The van der Waals surface area contributed by atoms with Crippen LogP contribution in [0.5, 0.6) is 0 Å². The van der Waals surface area contributed by atoms with Crippen LogP contribution in [0.25, 0.3) is 0 Å². The number of hydrogen-bond donors (Lipinski definition) is 2. The van der Waals surface area contributed by atoms with Gasteiger partial charge in [0.05, 0.1) is 21.8 Å². The first-order valence-electron chi connectivity index (χ1n) is 10.4. The Balaban J connectivity index is 1.54. The summed E-state index contributed by atoms with van der Waals surface area (Å²) in [5.74, 6) is 3.25. The third kappa shape index (κ3) is 6.18. The van der Waals surface area contributed by atoms with Crippen molar-refractivity contribution in [2.24, 2.45) is 0 Å². The van der Waals surface area contributed by atoms with Crippen LogP contribution in [0.15, 0.2) is 47.6 Å². The normalized spacial score (nSPS) is 14.2.